The maximum Gasteiger partial charge on any atom is 0.274 e. The number of ether oxygens (including phenoxy) is 1. The van der Waals surface area contributed by atoms with Gasteiger partial charge in [-0.25, -0.2) is 17.4 Å². The number of amides is 1. The van der Waals surface area contributed by atoms with Crippen LogP contribution in [0.1, 0.15) is 5.82 Å². The zero-order chi connectivity index (χ0) is 24.0. The zero-order valence-electron chi connectivity index (χ0n) is 17.8. The van der Waals surface area contributed by atoms with Crippen LogP contribution in [0.2, 0.25) is 0 Å². The summed E-state index contributed by atoms with van der Waals surface area (Å²) in [4.78, 5) is 20.1. The molecule has 0 radical (unpaired) electrons. The number of anilines is 1. The summed E-state index contributed by atoms with van der Waals surface area (Å²) in [6.07, 6.45) is 0. The fourth-order valence-electron chi connectivity index (χ4n) is 3.94. The van der Waals surface area contributed by atoms with Crippen molar-refractivity contribution in [2.75, 3.05) is 38.2 Å². The molecule has 0 unspecified atom stereocenters. The second kappa shape index (κ2) is 8.87. The minimum absolute atomic E-state index is 0.101. The van der Waals surface area contributed by atoms with Gasteiger partial charge in [0, 0.05) is 26.2 Å². The molecule has 2 heterocycles. The lowest BCUT2D eigenvalue weighted by Crippen LogP contribution is -2.51. The van der Waals surface area contributed by atoms with Gasteiger partial charge in [0.1, 0.15) is 11.6 Å². The van der Waals surface area contributed by atoms with E-state index in [1.807, 2.05) is 11.0 Å². The second-order valence-corrected chi connectivity index (χ2v) is 11.6. The number of imidazole rings is 1. The summed E-state index contributed by atoms with van der Waals surface area (Å²) in [6.45, 7) is 3.12. The molecule has 12 heteroatoms. The number of fused-ring (bicyclic) bond motifs is 1. The Kier molecular flexibility index (Phi) is 6.43. The van der Waals surface area contributed by atoms with Gasteiger partial charge in [0.05, 0.1) is 28.7 Å². The van der Waals surface area contributed by atoms with Crippen LogP contribution in [0.25, 0.3) is 11.0 Å². The molecular weight excluding hydrogens is 511 g/mol. The Bertz CT molecular complexity index is 1310. The SMILES string of the molecule is COc1ccc(S(=O)(=O)n2c(C)nc3ccccc32)cc1N1CCN(C(=O)C(Cl)(Cl)Cl)CC1. The first kappa shape index (κ1) is 23.9. The number of methoxy groups -OCH3 is 1. The first-order valence-electron chi connectivity index (χ1n) is 10.0. The predicted octanol–water partition coefficient (Wildman–Crippen LogP) is 3.61. The van der Waals surface area contributed by atoms with Gasteiger partial charge in [0.25, 0.3) is 19.7 Å². The third-order valence-corrected chi connectivity index (χ3v) is 7.79. The number of aromatic nitrogens is 2. The topological polar surface area (TPSA) is 84.7 Å². The summed E-state index contributed by atoms with van der Waals surface area (Å²) in [5.41, 5.74) is 1.70. The van der Waals surface area contributed by atoms with Crippen LogP contribution < -0.4 is 9.64 Å². The number of hydrogen-bond acceptors (Lipinski definition) is 6. The molecule has 0 atom stereocenters. The number of nitrogens with zero attached hydrogens (tertiary/aromatic N) is 4. The lowest BCUT2D eigenvalue weighted by atomic mass is 10.2. The second-order valence-electron chi connectivity index (χ2n) is 7.53. The van der Waals surface area contributed by atoms with Gasteiger partial charge in [0.2, 0.25) is 0 Å². The predicted molar refractivity (Wildman–Crippen MR) is 129 cm³/mol. The van der Waals surface area contributed by atoms with E-state index in [0.717, 1.165) is 0 Å². The fraction of sp³-hybridized carbons (Fsp3) is 0.333. The number of halogens is 3. The number of alkyl halides is 3. The van der Waals surface area contributed by atoms with Crippen molar-refractivity contribution in [2.24, 2.45) is 0 Å². The van der Waals surface area contributed by atoms with Crippen LogP contribution in [-0.4, -0.2) is 65.3 Å². The van der Waals surface area contributed by atoms with Crippen LogP contribution in [0.5, 0.6) is 5.75 Å². The normalized spacial score (nSPS) is 15.2. The van der Waals surface area contributed by atoms with Crippen molar-refractivity contribution >= 4 is 67.5 Å². The third kappa shape index (κ3) is 4.47. The number of para-hydroxylation sites is 2. The molecule has 0 N–H and O–H groups in total. The van der Waals surface area contributed by atoms with E-state index in [4.69, 9.17) is 39.5 Å². The molecule has 1 aromatic heterocycles. The maximum absolute atomic E-state index is 13.6. The van der Waals surface area contributed by atoms with E-state index >= 15 is 0 Å². The highest BCUT2D eigenvalue weighted by Crippen LogP contribution is 2.34. The van der Waals surface area contributed by atoms with E-state index in [2.05, 4.69) is 4.98 Å². The summed E-state index contributed by atoms with van der Waals surface area (Å²) in [7, 11) is -2.41. The van der Waals surface area contributed by atoms with Crippen molar-refractivity contribution in [3.63, 3.8) is 0 Å². The van der Waals surface area contributed by atoms with Crippen LogP contribution in [0.4, 0.5) is 5.69 Å². The lowest BCUT2D eigenvalue weighted by Gasteiger charge is -2.37. The van der Waals surface area contributed by atoms with Crippen molar-refractivity contribution in [1.29, 1.82) is 0 Å². The van der Waals surface area contributed by atoms with E-state index in [9.17, 15) is 13.2 Å². The Balaban J connectivity index is 1.68. The quantitative estimate of drug-likeness (QED) is 0.478. The highest BCUT2D eigenvalue weighted by Gasteiger charge is 2.37. The molecule has 3 aromatic rings. The van der Waals surface area contributed by atoms with Crippen molar-refractivity contribution in [3.05, 3.63) is 48.3 Å². The van der Waals surface area contributed by atoms with Crippen molar-refractivity contribution in [3.8, 4) is 5.75 Å². The minimum Gasteiger partial charge on any atom is -0.495 e. The molecule has 4 rings (SSSR count). The first-order valence-corrected chi connectivity index (χ1v) is 12.6. The van der Waals surface area contributed by atoms with E-state index in [1.165, 1.54) is 22.0 Å². The number of hydrogen-bond donors (Lipinski definition) is 0. The molecule has 1 saturated heterocycles. The number of aryl methyl sites for hydroxylation is 1. The molecule has 33 heavy (non-hydrogen) atoms. The van der Waals surface area contributed by atoms with Crippen molar-refractivity contribution in [2.45, 2.75) is 15.6 Å². The first-order chi connectivity index (χ1) is 15.5. The van der Waals surface area contributed by atoms with Crippen LogP contribution >= 0.6 is 34.8 Å². The molecule has 0 saturated carbocycles. The molecule has 1 fully saturated rings. The van der Waals surface area contributed by atoms with Crippen LogP contribution in [-0.2, 0) is 14.8 Å². The molecule has 0 spiro atoms. The van der Waals surface area contributed by atoms with Gasteiger partial charge >= 0.3 is 0 Å². The Hall–Kier alpha value is -2.20. The number of rotatable bonds is 4. The van der Waals surface area contributed by atoms with Gasteiger partial charge in [-0.3, -0.25) is 4.79 Å². The van der Waals surface area contributed by atoms with Gasteiger partial charge in [-0.2, -0.15) is 0 Å². The standard InChI is InChI=1S/C21H21Cl3N4O4S/c1-14-25-16-5-3-4-6-17(16)28(14)33(30,31)15-7-8-19(32-2)18(13-15)26-9-11-27(12-10-26)20(29)21(22,23)24/h3-8,13H,9-12H2,1-2H3. The average molecular weight is 532 g/mol. The van der Waals surface area contributed by atoms with Crippen LogP contribution in [0.15, 0.2) is 47.4 Å². The number of benzene rings is 2. The van der Waals surface area contributed by atoms with Crippen molar-refractivity contribution < 1.29 is 17.9 Å². The fourth-order valence-corrected chi connectivity index (χ4v) is 5.81. The van der Waals surface area contributed by atoms with Gasteiger partial charge in [-0.05, 0) is 37.3 Å². The average Bonchev–Trinajstić information content (AvgIpc) is 3.14. The summed E-state index contributed by atoms with van der Waals surface area (Å²) in [6, 6.07) is 11.8. The Morgan fingerprint density at radius 2 is 1.73 bits per heavy atom. The molecule has 1 aliphatic rings. The summed E-state index contributed by atoms with van der Waals surface area (Å²) >= 11 is 17.2. The Labute approximate surface area is 206 Å². The highest BCUT2D eigenvalue weighted by molar-refractivity contribution is 7.90. The van der Waals surface area contributed by atoms with Crippen molar-refractivity contribution in [1.82, 2.24) is 13.9 Å². The maximum atomic E-state index is 13.6. The van der Waals surface area contributed by atoms with E-state index in [0.29, 0.717) is 54.5 Å². The van der Waals surface area contributed by atoms with Crippen LogP contribution in [0, 0.1) is 6.92 Å². The molecule has 0 bridgehead atoms. The highest BCUT2D eigenvalue weighted by atomic mass is 35.6. The molecular formula is C21H21Cl3N4O4S. The Morgan fingerprint density at radius 3 is 2.36 bits per heavy atom. The van der Waals surface area contributed by atoms with Crippen LogP contribution in [0.3, 0.4) is 0 Å². The van der Waals surface area contributed by atoms with Gasteiger partial charge in [0.15, 0.2) is 0 Å². The minimum atomic E-state index is -3.93. The lowest BCUT2D eigenvalue weighted by molar-refractivity contribution is -0.130. The molecule has 1 amide bonds. The summed E-state index contributed by atoms with van der Waals surface area (Å²) < 4.78 is 31.9. The van der Waals surface area contributed by atoms with Gasteiger partial charge in [-0.15, -0.1) is 0 Å². The zero-order valence-corrected chi connectivity index (χ0v) is 20.9. The van der Waals surface area contributed by atoms with Gasteiger partial charge < -0.3 is 14.5 Å². The van der Waals surface area contributed by atoms with E-state index < -0.39 is 19.7 Å². The molecule has 2 aromatic carbocycles. The van der Waals surface area contributed by atoms with Gasteiger partial charge in [-0.1, -0.05) is 46.9 Å². The summed E-state index contributed by atoms with van der Waals surface area (Å²) in [5.74, 6) is 0.299. The number of carbonyl (C=O) groups is 1. The largest absolute Gasteiger partial charge is 0.495 e. The monoisotopic (exact) mass is 530 g/mol. The van der Waals surface area contributed by atoms with E-state index in [1.54, 1.807) is 37.3 Å². The van der Waals surface area contributed by atoms with E-state index in [-0.39, 0.29) is 4.90 Å². The molecule has 176 valence electrons. The summed E-state index contributed by atoms with van der Waals surface area (Å²) in [5, 5.41) is 0. The molecule has 0 aliphatic carbocycles. The molecule has 1 aliphatic heterocycles. The third-order valence-electron chi connectivity index (χ3n) is 5.52. The number of piperazine rings is 1. The smallest absolute Gasteiger partial charge is 0.274 e. The Morgan fingerprint density at radius 1 is 1.06 bits per heavy atom. The molecule has 8 nitrogen and oxygen atoms in total. The number of carbonyl (C=O) groups excluding carboxylic acids is 1.